The summed E-state index contributed by atoms with van der Waals surface area (Å²) < 4.78 is 8.75. The molecule has 10 aromatic rings. The largest absolute Gasteiger partial charge is 2.00 e. The van der Waals surface area contributed by atoms with E-state index in [1.165, 1.54) is 50.0 Å². The third-order valence-electron chi connectivity index (χ3n) is 9.30. The fourth-order valence-corrected chi connectivity index (χ4v) is 6.55. The van der Waals surface area contributed by atoms with Gasteiger partial charge >= 0.3 is 49.8 Å². The maximum Gasteiger partial charge on any atom is 2.00 e. The van der Waals surface area contributed by atoms with E-state index in [1.54, 1.807) is 6.92 Å². The van der Waals surface area contributed by atoms with E-state index in [4.69, 9.17) is 5.02 Å². The molecule has 0 saturated heterocycles. The van der Waals surface area contributed by atoms with Crippen LogP contribution >= 0.6 is 15.9 Å². The maximum absolute atomic E-state index is 7.72. The molecule has 0 aliphatic heterocycles. The molecule has 2 aromatic heterocycles. The van der Waals surface area contributed by atoms with Gasteiger partial charge < -0.3 is 18.8 Å². The van der Waals surface area contributed by atoms with Crippen LogP contribution in [0.3, 0.4) is 0 Å². The van der Waals surface area contributed by atoms with E-state index < -0.39 is 0 Å². The van der Waals surface area contributed by atoms with E-state index in [0.29, 0.717) is 14.3 Å². The zero-order valence-corrected chi connectivity index (χ0v) is 44.9. The van der Waals surface area contributed by atoms with E-state index in [-0.39, 0.29) is 42.1 Å². The second-order valence-electron chi connectivity index (χ2n) is 13.6. The van der Waals surface area contributed by atoms with Crippen LogP contribution in [0, 0.1) is 24.3 Å². The number of hydrogen-bond acceptors (Lipinski definition) is 2. The summed E-state index contributed by atoms with van der Waals surface area (Å²) in [5.41, 5.74) is 9.58. The first-order valence-electron chi connectivity index (χ1n) is 20.7. The number of fused-ring (bicyclic) bond motifs is 6. The number of benzene rings is 8. The van der Waals surface area contributed by atoms with Gasteiger partial charge in [0.15, 0.2) is 0 Å². The van der Waals surface area contributed by atoms with E-state index in [9.17, 15) is 0 Å². The average molecular weight is 1250 g/mol. The average Bonchev–Trinajstić information content (AvgIpc) is 3.82. The number of rotatable bonds is 4. The summed E-state index contributed by atoms with van der Waals surface area (Å²) in [7, 11) is 4.91. The van der Waals surface area contributed by atoms with Crippen molar-refractivity contribution in [1.29, 1.82) is 0 Å². The molecule has 0 spiro atoms. The summed E-state index contributed by atoms with van der Waals surface area (Å²) >= 11 is 2.94. The van der Waals surface area contributed by atoms with Crippen molar-refractivity contribution in [2.75, 3.05) is 12.4 Å². The molecule has 2 heterocycles. The Balaban J connectivity index is 0.000000272. The molecule has 0 amide bonds. The summed E-state index contributed by atoms with van der Waals surface area (Å²) in [5.74, 6) is 1.81. The molecule has 0 aliphatic rings. The maximum atomic E-state index is 7.72. The standard InChI is InChI=1S/2C13H11N.2C12H8.C3H8.C2H6BO2.CH3Br.2W/c2*1-14-12-8-4-2-6-10(12)11-7-3-5-9-13(11)14;2*1-3-7-11(8-4-1)12-9-5-2-6-10-12;1-3-2;1-2-5-3-4;1-2;;/h2*2-9H,1H3;2*1-7,9H;3H2,1-2H3;4H,2H2,1H3;1H3;;/q;;2*-2;;;;2*+2. The predicted octanol–water partition coefficient (Wildman–Crippen LogP) is 14.5. The van der Waals surface area contributed by atoms with Gasteiger partial charge in [-0.15, -0.1) is 24.3 Å². The Morgan fingerprint density at radius 3 is 0.812 bits per heavy atom. The van der Waals surface area contributed by atoms with E-state index >= 15 is 0 Å². The minimum Gasteiger partial charge on any atom is -0.429 e. The second-order valence-corrected chi connectivity index (χ2v) is 13.6. The SMILES string of the molecule is CBr.CCC.CCO[B]O.Cn1c2ccccc2c2ccccc21.Cn1c2ccccc2c2ccccc21.[W+2].[W+2].[c-]1ccccc1-c1[c-]cccc1.[c-]1ccccc1-c1[c-]cccc1. The number of alkyl halides is 1. The monoisotopic (exact) mass is 1250 g/mol. The van der Waals surface area contributed by atoms with Gasteiger partial charge in [-0.1, -0.05) is 109 Å². The zero-order chi connectivity index (χ0) is 44.4. The molecule has 0 saturated carbocycles. The van der Waals surface area contributed by atoms with Crippen LogP contribution in [-0.2, 0) is 60.9 Å². The van der Waals surface area contributed by atoms with Crippen LogP contribution in [0.15, 0.2) is 194 Å². The van der Waals surface area contributed by atoms with Gasteiger partial charge in [0.1, 0.15) is 0 Å². The van der Waals surface area contributed by atoms with Gasteiger partial charge in [0.25, 0.3) is 0 Å². The molecule has 0 fully saturated rings. The zero-order valence-electron chi connectivity index (χ0n) is 37.4. The summed E-state index contributed by atoms with van der Waals surface area (Å²) in [6, 6.07) is 78.4. The first-order chi connectivity index (χ1) is 30.5. The predicted molar refractivity (Wildman–Crippen MR) is 270 cm³/mol. The molecule has 8 aromatic carbocycles. The fraction of sp³-hybridized carbons (Fsp3) is 0.143. The second kappa shape index (κ2) is 32.0. The van der Waals surface area contributed by atoms with Crippen molar-refractivity contribution in [1.82, 2.24) is 9.13 Å². The van der Waals surface area contributed by atoms with Crippen molar-refractivity contribution in [3.8, 4) is 22.3 Å². The fourth-order valence-electron chi connectivity index (χ4n) is 6.55. The number of para-hydroxylation sites is 4. The summed E-state index contributed by atoms with van der Waals surface area (Å²) in [4.78, 5) is 0. The Kier molecular flexibility index (Phi) is 27.6. The van der Waals surface area contributed by atoms with Crippen LogP contribution in [0.25, 0.3) is 65.9 Å². The Labute approximate surface area is 419 Å². The van der Waals surface area contributed by atoms with Gasteiger partial charge in [0.2, 0.25) is 0 Å². The third-order valence-corrected chi connectivity index (χ3v) is 9.30. The van der Waals surface area contributed by atoms with E-state index in [2.05, 4.69) is 179 Å². The van der Waals surface area contributed by atoms with Crippen LogP contribution < -0.4 is 0 Å². The number of aromatic nitrogens is 2. The van der Waals surface area contributed by atoms with Crippen LogP contribution in [0.1, 0.15) is 27.2 Å². The molecular formula is C56H55BBrN2O2W2. The normalized spacial score (nSPS) is 9.50. The molecule has 0 unspecified atom stereocenters. The van der Waals surface area contributed by atoms with E-state index in [1.807, 2.05) is 103 Å². The van der Waals surface area contributed by atoms with Gasteiger partial charge in [-0.2, -0.15) is 97.1 Å². The first-order valence-corrected chi connectivity index (χ1v) is 22.3. The van der Waals surface area contributed by atoms with Crippen molar-refractivity contribution >= 4 is 67.2 Å². The molecule has 0 aliphatic carbocycles. The van der Waals surface area contributed by atoms with Gasteiger partial charge in [-0.25, -0.2) is 22.3 Å². The number of hydrogen-bond donors (Lipinski definition) is 1. The number of aryl methyl sites for hydroxylation is 2. The van der Waals surface area contributed by atoms with Crippen molar-refractivity contribution in [3.05, 3.63) is 218 Å². The third kappa shape index (κ3) is 16.3. The Hall–Kier alpha value is -4.80. The minimum absolute atomic E-state index is 0. The minimum atomic E-state index is 0. The number of nitrogens with zero attached hydrogens (tertiary/aromatic N) is 2. The first kappa shape index (κ1) is 55.3. The summed E-state index contributed by atoms with van der Waals surface area (Å²) in [5, 5.41) is 13.1. The Morgan fingerprint density at radius 2 is 0.641 bits per heavy atom. The van der Waals surface area contributed by atoms with Crippen LogP contribution in [0.5, 0.6) is 0 Å². The van der Waals surface area contributed by atoms with E-state index in [0.717, 1.165) is 22.3 Å². The molecular weight excluding hydrogens is 1190 g/mol. The summed E-state index contributed by atoms with van der Waals surface area (Å²) in [6.07, 6.45) is 1.25. The molecule has 64 heavy (non-hydrogen) atoms. The number of halogens is 1. The molecule has 0 atom stereocenters. The van der Waals surface area contributed by atoms with Crippen LogP contribution in [-0.4, -0.2) is 34.3 Å². The van der Waals surface area contributed by atoms with Crippen LogP contribution in [0.2, 0.25) is 0 Å². The van der Waals surface area contributed by atoms with Crippen molar-refractivity contribution < 1.29 is 51.8 Å². The van der Waals surface area contributed by atoms with Gasteiger partial charge in [-0.3, -0.25) is 0 Å². The quantitative estimate of drug-likeness (QED) is 0.108. The van der Waals surface area contributed by atoms with Gasteiger partial charge in [0.05, 0.1) is 0 Å². The van der Waals surface area contributed by atoms with Gasteiger partial charge in [0, 0.05) is 64.3 Å². The molecule has 8 heteroatoms. The molecule has 1 radical (unpaired) electrons. The molecule has 10 rings (SSSR count). The molecule has 4 nitrogen and oxygen atoms in total. The molecule has 323 valence electrons. The van der Waals surface area contributed by atoms with Gasteiger partial charge in [-0.05, 0) is 37.0 Å². The molecule has 1 N–H and O–H groups in total. The van der Waals surface area contributed by atoms with Crippen molar-refractivity contribution in [3.63, 3.8) is 0 Å². The summed E-state index contributed by atoms with van der Waals surface area (Å²) in [6.45, 7) is 6.59. The Morgan fingerprint density at radius 1 is 0.422 bits per heavy atom. The van der Waals surface area contributed by atoms with Crippen molar-refractivity contribution in [2.24, 2.45) is 14.1 Å². The topological polar surface area (TPSA) is 39.3 Å². The smallest absolute Gasteiger partial charge is 0.429 e. The molecule has 0 bridgehead atoms. The Bertz CT molecular complexity index is 2360. The van der Waals surface area contributed by atoms with Crippen LogP contribution in [0.4, 0.5) is 0 Å². The van der Waals surface area contributed by atoms with Crippen molar-refractivity contribution in [2.45, 2.75) is 27.2 Å².